The smallest absolute Gasteiger partial charge is 0.248 e. The van der Waals surface area contributed by atoms with Crippen molar-refractivity contribution in [3.8, 4) is 0 Å². The average Bonchev–Trinajstić information content (AvgIpc) is 2.42. The Morgan fingerprint density at radius 3 is 2.30 bits per heavy atom. The zero-order valence-electron chi connectivity index (χ0n) is 12.6. The predicted molar refractivity (Wildman–Crippen MR) is 77.0 cm³/mol. The van der Waals surface area contributed by atoms with Crippen LogP contribution in [0.1, 0.15) is 40.0 Å². The third kappa shape index (κ3) is 3.71. The van der Waals surface area contributed by atoms with E-state index in [1.165, 1.54) is 4.90 Å². The first-order valence-corrected chi connectivity index (χ1v) is 9.01. The first-order valence-electron chi connectivity index (χ1n) is 6.95. The second-order valence-electron chi connectivity index (χ2n) is 5.52. The van der Waals surface area contributed by atoms with E-state index in [1.54, 1.807) is 6.92 Å². The lowest BCUT2D eigenvalue weighted by atomic mass is 9.91. The number of hydrogen-bond acceptors (Lipinski definition) is 4. The van der Waals surface area contributed by atoms with Crippen LogP contribution in [-0.4, -0.2) is 55.3 Å². The number of carbonyl (C=O) groups excluding carboxylic acids is 2. The van der Waals surface area contributed by atoms with Gasteiger partial charge in [0.25, 0.3) is 0 Å². The highest BCUT2D eigenvalue weighted by Crippen LogP contribution is 2.24. The fourth-order valence-electron chi connectivity index (χ4n) is 2.54. The van der Waals surface area contributed by atoms with Crippen LogP contribution in [0, 0.1) is 0 Å². The lowest BCUT2D eigenvalue weighted by molar-refractivity contribution is -0.140. The molecule has 0 spiro atoms. The number of carbonyl (C=O) groups is 2. The number of nitrogens with zero attached hydrogens (tertiary/aromatic N) is 1. The van der Waals surface area contributed by atoms with E-state index in [2.05, 4.69) is 5.32 Å². The summed E-state index contributed by atoms with van der Waals surface area (Å²) in [4.78, 5) is 26.2. The van der Waals surface area contributed by atoms with E-state index in [-0.39, 0.29) is 36.6 Å². The zero-order valence-corrected chi connectivity index (χ0v) is 13.4. The lowest BCUT2D eigenvalue weighted by Gasteiger charge is -2.35. The largest absolute Gasteiger partial charge is 0.342 e. The minimum absolute atomic E-state index is 0.0826. The second kappa shape index (κ2) is 6.11. The summed E-state index contributed by atoms with van der Waals surface area (Å²) in [6.07, 6.45) is 2.35. The van der Waals surface area contributed by atoms with Crippen molar-refractivity contribution < 1.29 is 18.0 Å². The van der Waals surface area contributed by atoms with Crippen LogP contribution in [0.15, 0.2) is 0 Å². The standard InChI is InChI=1S/C13H24N2O4S/c1-5-13(6-2)12(17)15(7-8-20(4,18)19)10(3)9-11(16)14-13/h10H,5-9H2,1-4H3,(H,14,16). The zero-order chi connectivity index (χ0) is 15.6. The SMILES string of the molecule is CCC1(CC)NC(=O)CC(C)N(CCS(C)(=O)=O)C1=O. The second-order valence-corrected chi connectivity index (χ2v) is 7.78. The number of sulfone groups is 1. The molecule has 1 atom stereocenters. The lowest BCUT2D eigenvalue weighted by Crippen LogP contribution is -2.57. The molecule has 0 aromatic rings. The van der Waals surface area contributed by atoms with Crippen LogP contribution in [0.25, 0.3) is 0 Å². The minimum Gasteiger partial charge on any atom is -0.342 e. The Kier molecular flexibility index (Phi) is 5.18. The molecule has 0 saturated carbocycles. The van der Waals surface area contributed by atoms with Crippen molar-refractivity contribution in [3.05, 3.63) is 0 Å². The van der Waals surface area contributed by atoms with Gasteiger partial charge in [0.2, 0.25) is 11.8 Å². The number of hydrogen-bond donors (Lipinski definition) is 1. The Bertz CT molecular complexity index is 483. The topological polar surface area (TPSA) is 83.6 Å². The molecule has 1 aliphatic rings. The maximum absolute atomic E-state index is 12.7. The Morgan fingerprint density at radius 2 is 1.85 bits per heavy atom. The number of rotatable bonds is 5. The van der Waals surface area contributed by atoms with Gasteiger partial charge in [-0.1, -0.05) is 13.8 Å². The highest BCUT2D eigenvalue weighted by atomic mass is 32.2. The van der Waals surface area contributed by atoms with Gasteiger partial charge in [0, 0.05) is 25.3 Å². The summed E-state index contributed by atoms with van der Waals surface area (Å²) in [6, 6.07) is -0.288. The summed E-state index contributed by atoms with van der Waals surface area (Å²) >= 11 is 0. The van der Waals surface area contributed by atoms with Crippen molar-refractivity contribution in [1.82, 2.24) is 10.2 Å². The van der Waals surface area contributed by atoms with Gasteiger partial charge in [-0.3, -0.25) is 9.59 Å². The molecule has 0 aliphatic carbocycles. The molecule has 1 heterocycles. The molecule has 0 bridgehead atoms. The molecule has 1 fully saturated rings. The Morgan fingerprint density at radius 1 is 1.30 bits per heavy atom. The van der Waals surface area contributed by atoms with Gasteiger partial charge in [0.15, 0.2) is 0 Å². The van der Waals surface area contributed by atoms with Crippen LogP contribution in [0.3, 0.4) is 0 Å². The quantitative estimate of drug-likeness (QED) is 0.793. The molecule has 0 aromatic carbocycles. The van der Waals surface area contributed by atoms with Crippen molar-refractivity contribution in [2.45, 2.75) is 51.6 Å². The van der Waals surface area contributed by atoms with Crippen molar-refractivity contribution in [2.75, 3.05) is 18.6 Å². The average molecular weight is 304 g/mol. The molecular formula is C13H24N2O4S. The number of amides is 2. The summed E-state index contributed by atoms with van der Waals surface area (Å²) in [6.45, 7) is 5.62. The predicted octanol–water partition coefficient (Wildman–Crippen LogP) is 0.327. The molecule has 0 aromatic heterocycles. The fraction of sp³-hybridized carbons (Fsp3) is 0.846. The van der Waals surface area contributed by atoms with Crippen molar-refractivity contribution in [3.63, 3.8) is 0 Å². The van der Waals surface area contributed by atoms with Gasteiger partial charge in [0.05, 0.1) is 5.75 Å². The van der Waals surface area contributed by atoms with Gasteiger partial charge in [-0.2, -0.15) is 0 Å². The van der Waals surface area contributed by atoms with Gasteiger partial charge in [0.1, 0.15) is 15.4 Å². The maximum Gasteiger partial charge on any atom is 0.248 e. The van der Waals surface area contributed by atoms with Gasteiger partial charge < -0.3 is 10.2 Å². The van der Waals surface area contributed by atoms with Crippen LogP contribution in [-0.2, 0) is 19.4 Å². The first-order chi connectivity index (χ1) is 9.15. The summed E-state index contributed by atoms with van der Waals surface area (Å²) in [5, 5.41) is 2.82. The van der Waals surface area contributed by atoms with E-state index in [4.69, 9.17) is 0 Å². The third-order valence-electron chi connectivity index (χ3n) is 3.97. The number of nitrogens with one attached hydrogen (secondary N) is 1. The van der Waals surface area contributed by atoms with Crippen LogP contribution < -0.4 is 5.32 Å². The van der Waals surface area contributed by atoms with Gasteiger partial charge in [-0.05, 0) is 19.8 Å². The van der Waals surface area contributed by atoms with E-state index in [1.807, 2.05) is 13.8 Å². The van der Waals surface area contributed by atoms with Crippen LogP contribution in [0.4, 0.5) is 0 Å². The van der Waals surface area contributed by atoms with Crippen molar-refractivity contribution in [1.29, 1.82) is 0 Å². The molecule has 1 unspecified atom stereocenters. The van der Waals surface area contributed by atoms with Crippen LogP contribution >= 0.6 is 0 Å². The van der Waals surface area contributed by atoms with E-state index in [0.29, 0.717) is 12.8 Å². The summed E-state index contributed by atoms with van der Waals surface area (Å²) in [5.74, 6) is -0.415. The maximum atomic E-state index is 12.7. The van der Waals surface area contributed by atoms with E-state index >= 15 is 0 Å². The summed E-state index contributed by atoms with van der Waals surface area (Å²) in [7, 11) is -3.15. The third-order valence-corrected chi connectivity index (χ3v) is 4.90. The molecule has 6 nitrogen and oxygen atoms in total. The molecule has 1 N–H and O–H groups in total. The fourth-order valence-corrected chi connectivity index (χ4v) is 3.07. The normalized spacial score (nSPS) is 23.4. The molecule has 1 rings (SSSR count). The van der Waals surface area contributed by atoms with Crippen LogP contribution in [0.2, 0.25) is 0 Å². The molecule has 0 radical (unpaired) electrons. The summed E-state index contributed by atoms with van der Waals surface area (Å²) in [5.41, 5.74) is -0.903. The van der Waals surface area contributed by atoms with Gasteiger partial charge >= 0.3 is 0 Å². The van der Waals surface area contributed by atoms with Crippen molar-refractivity contribution in [2.24, 2.45) is 0 Å². The molecular weight excluding hydrogens is 280 g/mol. The minimum atomic E-state index is -3.15. The van der Waals surface area contributed by atoms with E-state index in [0.717, 1.165) is 6.26 Å². The monoisotopic (exact) mass is 304 g/mol. The molecule has 1 aliphatic heterocycles. The molecule has 20 heavy (non-hydrogen) atoms. The highest BCUT2D eigenvalue weighted by Gasteiger charge is 2.43. The molecule has 7 heteroatoms. The van der Waals surface area contributed by atoms with Gasteiger partial charge in [-0.15, -0.1) is 0 Å². The Labute approximate surface area is 120 Å². The first kappa shape index (κ1) is 16.9. The Hall–Kier alpha value is -1.11. The highest BCUT2D eigenvalue weighted by molar-refractivity contribution is 7.90. The molecule has 2 amide bonds. The molecule has 1 saturated heterocycles. The van der Waals surface area contributed by atoms with E-state index in [9.17, 15) is 18.0 Å². The van der Waals surface area contributed by atoms with Gasteiger partial charge in [-0.25, -0.2) is 8.42 Å². The Balaban J connectivity index is 3.06. The van der Waals surface area contributed by atoms with Crippen molar-refractivity contribution >= 4 is 21.7 Å². The van der Waals surface area contributed by atoms with E-state index < -0.39 is 15.4 Å². The summed E-state index contributed by atoms with van der Waals surface area (Å²) < 4.78 is 22.6. The molecule has 116 valence electrons. The van der Waals surface area contributed by atoms with Crippen LogP contribution in [0.5, 0.6) is 0 Å².